The molecule has 1 saturated carbocycles. The maximum atomic E-state index is 11.9. The molecule has 0 spiro atoms. The summed E-state index contributed by atoms with van der Waals surface area (Å²) in [6, 6.07) is 0. The fourth-order valence-electron chi connectivity index (χ4n) is 3.23. The Morgan fingerprint density at radius 3 is 2.30 bits per heavy atom. The largest absolute Gasteiger partial charge is 0.465 e. The fraction of sp³-hybridized carbons (Fsp3) is 0.867. The Morgan fingerprint density at radius 2 is 1.50 bits per heavy atom. The minimum Gasteiger partial charge on any atom is -0.465 e. The summed E-state index contributed by atoms with van der Waals surface area (Å²) in [6.07, 6.45) is 6.45. The molecule has 0 aromatic rings. The van der Waals surface area contributed by atoms with Gasteiger partial charge in [0, 0.05) is 18.8 Å². The molecule has 2 aliphatic heterocycles. The monoisotopic (exact) mass is 282 g/mol. The number of carbonyl (C=O) groups excluding carboxylic acids is 2. The van der Waals surface area contributed by atoms with Crippen LogP contribution >= 0.6 is 0 Å². The summed E-state index contributed by atoms with van der Waals surface area (Å²) in [5, 5.41) is 0. The number of cyclic esters (lactones) is 1. The Bertz CT molecular complexity index is 380. The van der Waals surface area contributed by atoms with Gasteiger partial charge >= 0.3 is 11.9 Å². The van der Waals surface area contributed by atoms with E-state index in [9.17, 15) is 9.59 Å². The van der Waals surface area contributed by atoms with Crippen LogP contribution in [0.4, 0.5) is 0 Å². The number of esters is 2. The Labute approximate surface area is 118 Å². The summed E-state index contributed by atoms with van der Waals surface area (Å²) in [7, 11) is 0. The average Bonchev–Trinajstić information content (AvgIpc) is 3.20. The summed E-state index contributed by atoms with van der Waals surface area (Å²) in [6.45, 7) is 0.381. The normalized spacial score (nSPS) is 39.0. The third kappa shape index (κ3) is 3.51. The van der Waals surface area contributed by atoms with Gasteiger partial charge in [-0.05, 0) is 32.1 Å². The van der Waals surface area contributed by atoms with E-state index in [1.807, 2.05) is 0 Å². The van der Waals surface area contributed by atoms with Crippen LogP contribution in [0.3, 0.4) is 0 Å². The van der Waals surface area contributed by atoms with Crippen molar-refractivity contribution >= 4 is 11.9 Å². The van der Waals surface area contributed by atoms with Crippen molar-refractivity contribution in [1.82, 2.24) is 0 Å². The zero-order valence-electron chi connectivity index (χ0n) is 11.7. The molecule has 4 atom stereocenters. The van der Waals surface area contributed by atoms with Crippen LogP contribution < -0.4 is 0 Å². The summed E-state index contributed by atoms with van der Waals surface area (Å²) < 4.78 is 16.4. The van der Waals surface area contributed by atoms with Gasteiger partial charge in [0.15, 0.2) is 0 Å². The number of hydrogen-bond acceptors (Lipinski definition) is 5. The van der Waals surface area contributed by atoms with Crippen LogP contribution in [-0.4, -0.2) is 36.9 Å². The van der Waals surface area contributed by atoms with Gasteiger partial charge in [0.1, 0.15) is 6.10 Å². The second-order valence-electron chi connectivity index (χ2n) is 6.05. The van der Waals surface area contributed by atoms with E-state index in [1.165, 1.54) is 0 Å². The smallest absolute Gasteiger partial charge is 0.306 e. The molecule has 20 heavy (non-hydrogen) atoms. The van der Waals surface area contributed by atoms with Crippen LogP contribution in [0.25, 0.3) is 0 Å². The standard InChI is InChI=1S/C15H22O5/c16-14-7-5-12-13(19-12)6-8-15(17)20-11-4-2-1-3-10(11)9-18-14/h10-13H,1-9H2/t10-,11-,12+,13+/m0/s1. The Kier molecular flexibility index (Phi) is 4.24. The maximum absolute atomic E-state index is 11.9. The zero-order chi connectivity index (χ0) is 13.9. The lowest BCUT2D eigenvalue weighted by atomic mass is 9.87. The van der Waals surface area contributed by atoms with Gasteiger partial charge in [0.25, 0.3) is 0 Å². The van der Waals surface area contributed by atoms with Crippen LogP contribution in [0.2, 0.25) is 0 Å². The minimum absolute atomic E-state index is 0.0827. The molecule has 112 valence electrons. The topological polar surface area (TPSA) is 65.1 Å². The second kappa shape index (κ2) is 6.12. The van der Waals surface area contributed by atoms with Crippen molar-refractivity contribution in [2.24, 2.45) is 5.92 Å². The fourth-order valence-corrected chi connectivity index (χ4v) is 3.23. The molecule has 0 bridgehead atoms. The number of epoxide rings is 1. The first-order chi connectivity index (χ1) is 9.72. The minimum atomic E-state index is -0.158. The van der Waals surface area contributed by atoms with Crippen molar-refractivity contribution in [2.45, 2.75) is 69.7 Å². The first-order valence-corrected chi connectivity index (χ1v) is 7.73. The van der Waals surface area contributed by atoms with Gasteiger partial charge in [-0.2, -0.15) is 0 Å². The van der Waals surface area contributed by atoms with Crippen molar-refractivity contribution in [3.8, 4) is 0 Å². The molecule has 0 radical (unpaired) electrons. The molecule has 0 aromatic carbocycles. The number of carbonyl (C=O) groups is 2. The third-order valence-electron chi connectivity index (χ3n) is 4.53. The molecule has 0 amide bonds. The maximum Gasteiger partial charge on any atom is 0.306 e. The van der Waals surface area contributed by atoms with E-state index in [0.717, 1.165) is 25.7 Å². The van der Waals surface area contributed by atoms with Crippen molar-refractivity contribution in [1.29, 1.82) is 0 Å². The highest BCUT2D eigenvalue weighted by molar-refractivity contribution is 5.70. The van der Waals surface area contributed by atoms with E-state index in [4.69, 9.17) is 14.2 Å². The van der Waals surface area contributed by atoms with Crippen molar-refractivity contribution in [3.05, 3.63) is 0 Å². The first kappa shape index (κ1) is 13.9. The van der Waals surface area contributed by atoms with Crippen LogP contribution in [0.1, 0.15) is 51.4 Å². The number of ether oxygens (including phenoxy) is 3. The van der Waals surface area contributed by atoms with Crippen molar-refractivity contribution < 1.29 is 23.8 Å². The molecule has 0 unspecified atom stereocenters. The van der Waals surface area contributed by atoms with Crippen LogP contribution in [-0.2, 0) is 23.8 Å². The molecule has 0 N–H and O–H groups in total. The quantitative estimate of drug-likeness (QED) is 0.502. The summed E-state index contributed by atoms with van der Waals surface area (Å²) in [5.74, 6) is -0.126. The Hall–Kier alpha value is -1.10. The average molecular weight is 282 g/mol. The molecular weight excluding hydrogens is 260 g/mol. The Morgan fingerprint density at radius 1 is 0.800 bits per heavy atom. The lowest BCUT2D eigenvalue weighted by Gasteiger charge is -2.30. The third-order valence-corrected chi connectivity index (χ3v) is 4.53. The molecule has 3 rings (SSSR count). The van der Waals surface area contributed by atoms with E-state index >= 15 is 0 Å². The lowest BCUT2D eigenvalue weighted by Crippen LogP contribution is -2.33. The van der Waals surface area contributed by atoms with E-state index in [-0.39, 0.29) is 36.2 Å². The van der Waals surface area contributed by atoms with Gasteiger partial charge < -0.3 is 14.2 Å². The molecule has 2 heterocycles. The van der Waals surface area contributed by atoms with E-state index in [2.05, 4.69) is 0 Å². The van der Waals surface area contributed by atoms with Gasteiger partial charge in [-0.1, -0.05) is 6.42 Å². The molecule has 1 aliphatic carbocycles. The highest BCUT2D eigenvalue weighted by Gasteiger charge is 2.39. The first-order valence-electron chi connectivity index (χ1n) is 7.73. The van der Waals surface area contributed by atoms with Crippen molar-refractivity contribution in [2.75, 3.05) is 6.61 Å². The Balaban J connectivity index is 1.62. The van der Waals surface area contributed by atoms with Gasteiger partial charge in [-0.25, -0.2) is 0 Å². The van der Waals surface area contributed by atoms with E-state index in [0.29, 0.717) is 32.3 Å². The number of fused-ring (bicyclic) bond motifs is 2. The zero-order valence-corrected chi connectivity index (χ0v) is 11.7. The number of hydrogen-bond donors (Lipinski definition) is 0. The molecular formula is C15H22O5. The van der Waals surface area contributed by atoms with Crippen LogP contribution in [0.15, 0.2) is 0 Å². The van der Waals surface area contributed by atoms with Crippen LogP contribution in [0, 0.1) is 5.92 Å². The van der Waals surface area contributed by atoms with Gasteiger partial charge in [0.05, 0.1) is 18.8 Å². The van der Waals surface area contributed by atoms with Gasteiger partial charge in [-0.15, -0.1) is 0 Å². The molecule has 5 nitrogen and oxygen atoms in total. The molecule has 3 fully saturated rings. The van der Waals surface area contributed by atoms with Crippen molar-refractivity contribution in [3.63, 3.8) is 0 Å². The van der Waals surface area contributed by atoms with Gasteiger partial charge in [-0.3, -0.25) is 9.59 Å². The SMILES string of the molecule is O=C1CC[C@H]2O[C@@H]2CCC(=O)O[C@H]2CCCC[C@H]2CO1. The lowest BCUT2D eigenvalue weighted by molar-refractivity contribution is -0.158. The summed E-state index contributed by atoms with van der Waals surface area (Å²) in [4.78, 5) is 23.6. The van der Waals surface area contributed by atoms with Crippen LogP contribution in [0.5, 0.6) is 0 Å². The molecule has 5 heteroatoms. The second-order valence-corrected chi connectivity index (χ2v) is 6.05. The van der Waals surface area contributed by atoms with E-state index in [1.54, 1.807) is 0 Å². The van der Waals surface area contributed by atoms with Gasteiger partial charge in [0.2, 0.25) is 0 Å². The number of rotatable bonds is 0. The molecule has 2 saturated heterocycles. The highest BCUT2D eigenvalue weighted by atomic mass is 16.6. The predicted octanol–water partition coefficient (Wildman–Crippen LogP) is 1.97. The summed E-state index contributed by atoms with van der Waals surface area (Å²) >= 11 is 0. The molecule has 3 aliphatic rings. The summed E-state index contributed by atoms with van der Waals surface area (Å²) in [5.41, 5.74) is 0. The van der Waals surface area contributed by atoms with E-state index < -0.39 is 0 Å². The predicted molar refractivity (Wildman–Crippen MR) is 69.9 cm³/mol. The highest BCUT2D eigenvalue weighted by Crippen LogP contribution is 2.32. The molecule has 0 aromatic heterocycles.